The topological polar surface area (TPSA) is 130 Å². The molecular formula is C18H16F2N3O6P. The summed E-state index contributed by atoms with van der Waals surface area (Å²) in [5.41, 5.74) is 6.99. The number of anilines is 1. The van der Waals surface area contributed by atoms with Crippen molar-refractivity contribution in [1.29, 1.82) is 0 Å². The summed E-state index contributed by atoms with van der Waals surface area (Å²) in [5.74, 6) is -3.46. The molecule has 9 nitrogen and oxygen atoms in total. The van der Waals surface area contributed by atoms with Crippen LogP contribution in [0.4, 0.5) is 19.3 Å². The number of amides is 3. The number of carbonyl (C=O) groups is 3. The molecule has 2 heterocycles. The molecule has 158 valence electrons. The Morgan fingerprint density at radius 2 is 2.00 bits per heavy atom. The first-order valence-electron chi connectivity index (χ1n) is 8.73. The summed E-state index contributed by atoms with van der Waals surface area (Å²) in [6, 6.07) is 1.89. The molecule has 0 radical (unpaired) electrons. The van der Waals surface area contributed by atoms with Crippen molar-refractivity contribution in [3.8, 4) is 5.63 Å². The number of primary amides is 1. The minimum absolute atomic E-state index is 0.0119. The molecule has 0 bridgehead atoms. The number of aliphatic hydroxyl groups is 1. The molecule has 1 aromatic rings. The SMILES string of the molecule is NC(=O)[C@H]1CN(c2cc(F)c(C3=CCN(C(=O)[C@H](O)C#P=O)CC3)c(F)c2)C(=O)O1. The van der Waals surface area contributed by atoms with Gasteiger partial charge >= 0.3 is 131 Å². The molecule has 1 saturated heterocycles. The second-order valence-corrected chi connectivity index (χ2v) is 7.00. The van der Waals surface area contributed by atoms with Crippen LogP contribution in [0.3, 0.4) is 0 Å². The number of rotatable bonds is 4. The van der Waals surface area contributed by atoms with Gasteiger partial charge in [-0.3, -0.25) is 4.79 Å². The summed E-state index contributed by atoms with van der Waals surface area (Å²) in [6.07, 6.45) is -2.26. The van der Waals surface area contributed by atoms with Crippen molar-refractivity contribution >= 4 is 37.1 Å². The average molecular weight is 439 g/mol. The van der Waals surface area contributed by atoms with Gasteiger partial charge in [-0.2, -0.15) is 0 Å². The molecule has 12 heteroatoms. The molecule has 1 aromatic carbocycles. The molecule has 0 saturated carbocycles. The number of carbonyl (C=O) groups excluding carboxylic acids is 3. The third-order valence-corrected chi connectivity index (χ3v) is 5.07. The number of nitrogens with zero attached hydrogens (tertiary/aromatic N) is 2. The van der Waals surface area contributed by atoms with E-state index in [1.807, 2.05) is 5.63 Å². The predicted octanol–water partition coefficient (Wildman–Crippen LogP) is 1.00. The van der Waals surface area contributed by atoms with Crippen molar-refractivity contribution in [2.75, 3.05) is 24.5 Å². The number of benzene rings is 1. The summed E-state index contributed by atoms with van der Waals surface area (Å²) in [5, 5.41) is 9.53. The predicted molar refractivity (Wildman–Crippen MR) is 99.8 cm³/mol. The Kier molecular flexibility index (Phi) is 6.36. The van der Waals surface area contributed by atoms with Crippen LogP contribution in [0, 0.1) is 17.3 Å². The maximum atomic E-state index is 14.7. The number of hydrogen-bond donors (Lipinski definition) is 2. The van der Waals surface area contributed by atoms with Crippen LogP contribution in [-0.2, 0) is 18.9 Å². The number of nitrogens with two attached hydrogens (primary N) is 1. The van der Waals surface area contributed by atoms with E-state index in [-0.39, 0.29) is 37.3 Å². The zero-order valence-corrected chi connectivity index (χ0v) is 16.3. The molecule has 0 spiro atoms. The van der Waals surface area contributed by atoms with Crippen LogP contribution in [0.1, 0.15) is 12.0 Å². The van der Waals surface area contributed by atoms with Crippen molar-refractivity contribution in [2.24, 2.45) is 5.73 Å². The largest absolute Gasteiger partial charge is 0.434 e. The first kappa shape index (κ1) is 21.7. The maximum absolute atomic E-state index is 14.7. The Morgan fingerprint density at radius 1 is 1.33 bits per heavy atom. The minimum Gasteiger partial charge on any atom is -0.434 e. The smallest absolute Gasteiger partial charge is 0.415 e. The van der Waals surface area contributed by atoms with Crippen LogP contribution in [-0.4, -0.2) is 59.8 Å². The number of ether oxygens (including phenoxy) is 1. The molecule has 0 aromatic heterocycles. The molecule has 3 amide bonds. The Labute approximate surface area is 170 Å². The van der Waals surface area contributed by atoms with Crippen molar-refractivity contribution in [1.82, 2.24) is 4.90 Å². The van der Waals surface area contributed by atoms with Gasteiger partial charge < -0.3 is 10.5 Å². The van der Waals surface area contributed by atoms with Gasteiger partial charge in [-0.05, 0) is 0 Å². The van der Waals surface area contributed by atoms with E-state index in [4.69, 9.17) is 10.5 Å². The Bertz CT molecular complexity index is 1030. The summed E-state index contributed by atoms with van der Waals surface area (Å²) >= 11 is 0. The van der Waals surface area contributed by atoms with Crippen LogP contribution < -0.4 is 10.6 Å². The summed E-state index contributed by atoms with van der Waals surface area (Å²) < 4.78 is 44.6. The molecule has 2 aliphatic rings. The Morgan fingerprint density at radius 3 is 2.50 bits per heavy atom. The molecule has 1 fully saturated rings. The third-order valence-electron chi connectivity index (χ3n) is 4.72. The number of halogens is 2. The van der Waals surface area contributed by atoms with E-state index in [1.54, 1.807) is 0 Å². The van der Waals surface area contributed by atoms with Crippen LogP contribution in [0.5, 0.6) is 0 Å². The molecule has 0 unspecified atom stereocenters. The van der Waals surface area contributed by atoms with Crippen molar-refractivity contribution in [3.63, 3.8) is 0 Å². The fraction of sp³-hybridized carbons (Fsp3) is 0.333. The molecule has 0 aliphatic carbocycles. The normalized spacial score (nSPS) is 19.6. The monoisotopic (exact) mass is 439 g/mol. The molecule has 30 heavy (non-hydrogen) atoms. The fourth-order valence-electron chi connectivity index (χ4n) is 3.22. The van der Waals surface area contributed by atoms with Crippen molar-refractivity contribution in [3.05, 3.63) is 35.4 Å². The van der Waals surface area contributed by atoms with E-state index in [0.29, 0.717) is 5.57 Å². The number of hydrogen-bond acceptors (Lipinski definition) is 6. The molecule has 3 N–H and O–H groups in total. The van der Waals surface area contributed by atoms with Crippen molar-refractivity contribution < 1.29 is 37.6 Å². The quantitative estimate of drug-likeness (QED) is 0.674. The maximum Gasteiger partial charge on any atom is 0.415 e. The van der Waals surface area contributed by atoms with Crippen LogP contribution in [0.25, 0.3) is 5.57 Å². The summed E-state index contributed by atoms with van der Waals surface area (Å²) in [6.45, 7) is -0.189. The van der Waals surface area contributed by atoms with Gasteiger partial charge in [0.15, 0.2) is 6.10 Å². The van der Waals surface area contributed by atoms with Crippen LogP contribution >= 0.6 is 7.92 Å². The van der Waals surface area contributed by atoms with Crippen LogP contribution in [0.2, 0.25) is 0 Å². The number of cyclic esters (lactones) is 1. The molecular weight excluding hydrogens is 423 g/mol. The fourth-order valence-corrected chi connectivity index (χ4v) is 3.43. The van der Waals surface area contributed by atoms with E-state index < -0.39 is 49.7 Å². The average Bonchev–Trinajstić information content (AvgIpc) is 3.09. The Balaban J connectivity index is 1.81. The standard InChI is InChI=1S/C18H16F2N3O6P/c19-11-5-10(23-7-14(16(21)25)29-18(23)27)6-12(20)15(11)9-1-3-22(4-2-9)17(26)13(24)8-30-28/h1,5-6,13-14,24H,2-4,7H2,(H2,21,25)/t13-,14-/m1/s1. The first-order chi connectivity index (χ1) is 14.2. The van der Waals surface area contributed by atoms with E-state index >= 15 is 0 Å². The molecule has 3 rings (SSSR count). The van der Waals surface area contributed by atoms with E-state index in [0.717, 1.165) is 17.0 Å². The first-order valence-corrected chi connectivity index (χ1v) is 9.54. The van der Waals surface area contributed by atoms with Crippen molar-refractivity contribution in [2.45, 2.75) is 18.6 Å². The summed E-state index contributed by atoms with van der Waals surface area (Å²) in [7, 11) is -0.611. The molecule has 2 aliphatic heterocycles. The van der Waals surface area contributed by atoms with E-state index in [2.05, 4.69) is 0 Å². The second kappa shape index (κ2) is 8.79. The van der Waals surface area contributed by atoms with E-state index in [9.17, 15) is 32.8 Å². The van der Waals surface area contributed by atoms with Gasteiger partial charge in [0, 0.05) is 0 Å². The Hall–Kier alpha value is -3.00. The van der Waals surface area contributed by atoms with Gasteiger partial charge in [0.25, 0.3) is 5.91 Å². The second-order valence-electron chi connectivity index (χ2n) is 6.56. The zero-order chi connectivity index (χ0) is 22.0. The van der Waals surface area contributed by atoms with Crippen LogP contribution in [0.15, 0.2) is 18.2 Å². The van der Waals surface area contributed by atoms with Gasteiger partial charge in [0.2, 0.25) is 0 Å². The van der Waals surface area contributed by atoms with Gasteiger partial charge in [0.1, 0.15) is 0 Å². The minimum atomic E-state index is -1.66. The summed E-state index contributed by atoms with van der Waals surface area (Å²) in [4.78, 5) is 37.1. The third kappa shape index (κ3) is 4.28. The van der Waals surface area contributed by atoms with E-state index in [1.165, 1.54) is 11.0 Å². The zero-order valence-electron chi connectivity index (χ0n) is 15.4. The van der Waals surface area contributed by atoms with Gasteiger partial charge in [-0.25, -0.2) is 4.79 Å². The van der Waals surface area contributed by atoms with Gasteiger partial charge in [0.05, 0.1) is 6.54 Å². The molecule has 2 atom stereocenters. The number of aliphatic hydroxyl groups excluding tert-OH is 1. The van der Waals surface area contributed by atoms with Gasteiger partial charge in [-0.15, -0.1) is 0 Å². The van der Waals surface area contributed by atoms with Gasteiger partial charge in [-0.1, -0.05) is 0 Å².